The van der Waals surface area contributed by atoms with E-state index >= 15 is 0 Å². The van der Waals surface area contributed by atoms with Crippen molar-refractivity contribution in [1.82, 2.24) is 10.1 Å². The summed E-state index contributed by atoms with van der Waals surface area (Å²) in [7, 11) is 3.70. The summed E-state index contributed by atoms with van der Waals surface area (Å²) in [6.45, 7) is 1.21. The van der Waals surface area contributed by atoms with Crippen molar-refractivity contribution in [2.45, 2.75) is 44.7 Å². The zero-order valence-electron chi connectivity index (χ0n) is 18.8. The Morgan fingerprint density at radius 3 is 2.59 bits per heavy atom. The number of anilines is 1. The van der Waals surface area contributed by atoms with Gasteiger partial charge in [0.15, 0.2) is 5.76 Å². The molecule has 0 unspecified atom stereocenters. The molecular weight excluding hydrogens is 406 g/mol. The van der Waals surface area contributed by atoms with Crippen molar-refractivity contribution < 1.29 is 18.5 Å². The Morgan fingerprint density at radius 2 is 1.91 bits per heavy atom. The van der Waals surface area contributed by atoms with Gasteiger partial charge in [0.2, 0.25) is 5.88 Å². The highest BCUT2D eigenvalue weighted by molar-refractivity contribution is 5.91. The van der Waals surface area contributed by atoms with Gasteiger partial charge in [0.25, 0.3) is 5.91 Å². The molecule has 3 aromatic rings. The van der Waals surface area contributed by atoms with Gasteiger partial charge in [-0.05, 0) is 25.0 Å². The fourth-order valence-electron chi connectivity index (χ4n) is 4.38. The van der Waals surface area contributed by atoms with Crippen molar-refractivity contribution in [1.29, 1.82) is 0 Å². The highest BCUT2D eigenvalue weighted by Crippen LogP contribution is 2.35. The van der Waals surface area contributed by atoms with Crippen molar-refractivity contribution in [3.63, 3.8) is 0 Å². The molecule has 1 saturated carbocycles. The summed E-state index contributed by atoms with van der Waals surface area (Å²) in [4.78, 5) is 17.1. The zero-order chi connectivity index (χ0) is 22.3. The van der Waals surface area contributed by atoms with E-state index in [2.05, 4.69) is 17.1 Å². The number of nitrogens with zero attached hydrogens (tertiary/aromatic N) is 3. The lowest BCUT2D eigenvalue weighted by Gasteiger charge is -2.31. The number of hydrogen-bond donors (Lipinski definition) is 0. The van der Waals surface area contributed by atoms with Gasteiger partial charge < -0.3 is 23.5 Å². The molecular formula is C25H31N3O4. The maximum Gasteiger partial charge on any atom is 0.289 e. The molecule has 2 heterocycles. The molecule has 1 aromatic carbocycles. The molecule has 170 valence electrons. The molecule has 7 heteroatoms. The summed E-state index contributed by atoms with van der Waals surface area (Å²) in [5.41, 5.74) is 2.63. The highest BCUT2D eigenvalue weighted by atomic mass is 16.5. The first-order chi connectivity index (χ1) is 15.7. The predicted molar refractivity (Wildman–Crippen MR) is 123 cm³/mol. The molecule has 4 rings (SSSR count). The summed E-state index contributed by atoms with van der Waals surface area (Å²) < 4.78 is 16.6. The molecule has 0 spiro atoms. The van der Waals surface area contributed by atoms with E-state index in [1.54, 1.807) is 24.1 Å². The van der Waals surface area contributed by atoms with Crippen LogP contribution in [0.4, 0.5) is 5.88 Å². The number of ether oxygens (including phenoxy) is 1. The first-order valence-electron chi connectivity index (χ1n) is 11.3. The molecule has 1 fully saturated rings. The van der Waals surface area contributed by atoms with Crippen LogP contribution in [0.3, 0.4) is 0 Å². The van der Waals surface area contributed by atoms with Crippen LogP contribution in [0.15, 0.2) is 57.7 Å². The Morgan fingerprint density at radius 1 is 1.12 bits per heavy atom. The lowest BCUT2D eigenvalue weighted by Crippen LogP contribution is -2.36. The highest BCUT2D eigenvalue weighted by Gasteiger charge is 2.29. The molecule has 2 aromatic heterocycles. The average Bonchev–Trinajstić information content (AvgIpc) is 3.52. The zero-order valence-corrected chi connectivity index (χ0v) is 18.8. The van der Waals surface area contributed by atoms with Gasteiger partial charge in [0.05, 0.1) is 25.0 Å². The summed E-state index contributed by atoms with van der Waals surface area (Å²) in [5.74, 6) is 0.852. The van der Waals surface area contributed by atoms with Crippen LogP contribution in [0.2, 0.25) is 0 Å². The van der Waals surface area contributed by atoms with Crippen molar-refractivity contribution >= 4 is 11.8 Å². The first kappa shape index (κ1) is 22.1. The number of carbonyl (C=O) groups excluding carboxylic acids is 1. The summed E-state index contributed by atoms with van der Waals surface area (Å²) >= 11 is 0. The van der Waals surface area contributed by atoms with Crippen LogP contribution in [-0.4, -0.2) is 49.3 Å². The molecule has 0 aliphatic heterocycles. The minimum atomic E-state index is -0.182. The molecule has 0 bridgehead atoms. The summed E-state index contributed by atoms with van der Waals surface area (Å²) in [6.07, 6.45) is 7.51. The van der Waals surface area contributed by atoms with Crippen LogP contribution < -0.4 is 4.90 Å². The molecule has 32 heavy (non-hydrogen) atoms. The smallest absolute Gasteiger partial charge is 0.289 e. The molecule has 7 nitrogen and oxygen atoms in total. The fourth-order valence-corrected chi connectivity index (χ4v) is 4.38. The standard InChI is InChI=1S/C25H31N3O4/c1-27(20-12-7-4-8-13-20)25-21(23(26-32-25)19-10-5-3-6-11-19)18-28(15-17-30-2)24(29)22-14-9-16-31-22/h3,5-6,9-11,14,16,20H,4,7-8,12-13,15,17-18H2,1-2H3. The number of amides is 1. The van der Waals surface area contributed by atoms with Crippen LogP contribution in [-0.2, 0) is 11.3 Å². The summed E-state index contributed by atoms with van der Waals surface area (Å²) in [6, 6.07) is 13.8. The second-order valence-corrected chi connectivity index (χ2v) is 8.28. The van der Waals surface area contributed by atoms with Crippen LogP contribution in [0, 0.1) is 0 Å². The fraction of sp³-hybridized carbons (Fsp3) is 0.440. The minimum Gasteiger partial charge on any atom is -0.459 e. The van der Waals surface area contributed by atoms with E-state index < -0.39 is 0 Å². The van der Waals surface area contributed by atoms with E-state index in [1.165, 1.54) is 25.5 Å². The molecule has 1 aliphatic rings. The largest absolute Gasteiger partial charge is 0.459 e. The Balaban J connectivity index is 1.70. The van der Waals surface area contributed by atoms with Crippen molar-refractivity contribution in [2.24, 2.45) is 0 Å². The second kappa shape index (κ2) is 10.5. The average molecular weight is 438 g/mol. The Labute approximate surface area is 188 Å². The third kappa shape index (κ3) is 4.88. The molecule has 0 saturated heterocycles. The van der Waals surface area contributed by atoms with Crippen molar-refractivity contribution in [3.05, 3.63) is 60.1 Å². The second-order valence-electron chi connectivity index (χ2n) is 8.28. The summed E-state index contributed by atoms with van der Waals surface area (Å²) in [5, 5.41) is 4.45. The minimum absolute atomic E-state index is 0.182. The topological polar surface area (TPSA) is 72.0 Å². The van der Waals surface area contributed by atoms with Crippen molar-refractivity contribution in [2.75, 3.05) is 32.2 Å². The number of aromatic nitrogens is 1. The molecule has 0 N–H and O–H groups in total. The van der Waals surface area contributed by atoms with E-state index in [-0.39, 0.29) is 5.91 Å². The van der Waals surface area contributed by atoms with Gasteiger partial charge in [-0.15, -0.1) is 0 Å². The molecule has 0 atom stereocenters. The van der Waals surface area contributed by atoms with Crippen LogP contribution in [0.25, 0.3) is 11.3 Å². The van der Waals surface area contributed by atoms with Gasteiger partial charge in [-0.25, -0.2) is 0 Å². The van der Waals surface area contributed by atoms with E-state index in [0.717, 1.165) is 35.5 Å². The number of hydrogen-bond acceptors (Lipinski definition) is 6. The maximum atomic E-state index is 13.2. The number of benzene rings is 1. The number of rotatable bonds is 9. The van der Waals surface area contributed by atoms with Gasteiger partial charge >= 0.3 is 0 Å². The first-order valence-corrected chi connectivity index (χ1v) is 11.3. The van der Waals surface area contributed by atoms with E-state index in [4.69, 9.17) is 13.7 Å². The van der Waals surface area contributed by atoms with Crippen LogP contribution in [0.5, 0.6) is 0 Å². The number of furan rings is 1. The van der Waals surface area contributed by atoms with Gasteiger partial charge in [0.1, 0.15) is 5.69 Å². The van der Waals surface area contributed by atoms with E-state index in [0.29, 0.717) is 31.5 Å². The molecule has 0 radical (unpaired) electrons. The normalized spacial score (nSPS) is 14.4. The Hall–Kier alpha value is -3.06. The van der Waals surface area contributed by atoms with Gasteiger partial charge in [-0.1, -0.05) is 54.8 Å². The van der Waals surface area contributed by atoms with Gasteiger partial charge in [-0.3, -0.25) is 4.79 Å². The molecule has 1 aliphatic carbocycles. The number of carbonyl (C=O) groups is 1. The maximum absolute atomic E-state index is 13.2. The third-order valence-corrected chi connectivity index (χ3v) is 6.19. The van der Waals surface area contributed by atoms with E-state index in [1.807, 2.05) is 30.3 Å². The number of methoxy groups -OCH3 is 1. The van der Waals surface area contributed by atoms with Crippen molar-refractivity contribution in [3.8, 4) is 11.3 Å². The van der Waals surface area contributed by atoms with Gasteiger partial charge in [-0.2, -0.15) is 0 Å². The third-order valence-electron chi connectivity index (χ3n) is 6.19. The van der Waals surface area contributed by atoms with E-state index in [9.17, 15) is 4.79 Å². The van der Waals surface area contributed by atoms with Crippen LogP contribution >= 0.6 is 0 Å². The monoisotopic (exact) mass is 437 g/mol. The molecule has 1 amide bonds. The predicted octanol–water partition coefficient (Wildman–Crippen LogP) is 4.99. The van der Waals surface area contributed by atoms with Gasteiger partial charge in [0, 0.05) is 32.3 Å². The Kier molecular flexibility index (Phi) is 7.27. The van der Waals surface area contributed by atoms with Crippen LogP contribution in [0.1, 0.15) is 48.2 Å². The lowest BCUT2D eigenvalue weighted by molar-refractivity contribution is 0.0649. The lowest BCUT2D eigenvalue weighted by atomic mass is 9.94. The Bertz CT molecular complexity index is 978. The SMILES string of the molecule is COCCN(Cc1c(-c2ccccc2)noc1N(C)C1CCCCC1)C(=O)c1ccco1. The quantitative estimate of drug-likeness (QED) is 0.469.